The van der Waals surface area contributed by atoms with Crippen LogP contribution in [0.1, 0.15) is 33.2 Å². The zero-order valence-electron chi connectivity index (χ0n) is 21.0. The summed E-state index contributed by atoms with van der Waals surface area (Å²) in [4.78, 5) is 35.5. The van der Waals surface area contributed by atoms with E-state index in [0.717, 1.165) is 6.07 Å². The van der Waals surface area contributed by atoms with Gasteiger partial charge < -0.3 is 23.7 Å². The summed E-state index contributed by atoms with van der Waals surface area (Å²) in [6.45, 7) is 2.06. The zero-order chi connectivity index (χ0) is 27.7. The summed E-state index contributed by atoms with van der Waals surface area (Å²) in [5, 5.41) is 14.8. The van der Waals surface area contributed by atoms with Crippen LogP contribution in [0, 0.1) is 10.1 Å². The predicted molar refractivity (Wildman–Crippen MR) is 137 cm³/mol. The molecular formula is C26H25N3O9. The minimum Gasteiger partial charge on any atom is -0.493 e. The fourth-order valence-corrected chi connectivity index (χ4v) is 3.31. The molecule has 198 valence electrons. The van der Waals surface area contributed by atoms with Crippen LogP contribution in [-0.4, -0.2) is 51.0 Å². The summed E-state index contributed by atoms with van der Waals surface area (Å²) in [6.07, 6.45) is 1.35. The lowest BCUT2D eigenvalue weighted by Gasteiger charge is -2.15. The normalized spacial score (nSPS) is 10.5. The molecule has 0 saturated heterocycles. The largest absolute Gasteiger partial charge is 0.493 e. The van der Waals surface area contributed by atoms with Crippen LogP contribution in [0.3, 0.4) is 0 Å². The minimum atomic E-state index is -0.684. The Morgan fingerprint density at radius 2 is 1.63 bits per heavy atom. The van der Waals surface area contributed by atoms with Gasteiger partial charge in [-0.3, -0.25) is 14.9 Å². The number of benzene rings is 3. The molecule has 0 unspecified atom stereocenters. The SMILES string of the molecule is CCOc1cc(/C=N/NC(=O)c2cccc([N+](=O)[O-])c2)ccc1OC(=O)c1cc(OC)c(OC)c(OC)c1. The molecule has 0 aliphatic heterocycles. The molecule has 12 nitrogen and oxygen atoms in total. The average molecular weight is 523 g/mol. The summed E-state index contributed by atoms with van der Waals surface area (Å²) in [7, 11) is 4.33. The van der Waals surface area contributed by atoms with Crippen LogP contribution >= 0.6 is 0 Å². The number of esters is 1. The smallest absolute Gasteiger partial charge is 0.343 e. The zero-order valence-corrected chi connectivity index (χ0v) is 21.0. The maximum Gasteiger partial charge on any atom is 0.343 e. The third-order valence-corrected chi connectivity index (χ3v) is 5.07. The first-order valence-corrected chi connectivity index (χ1v) is 11.2. The van der Waals surface area contributed by atoms with E-state index in [2.05, 4.69) is 10.5 Å². The van der Waals surface area contributed by atoms with Crippen molar-refractivity contribution in [2.75, 3.05) is 27.9 Å². The van der Waals surface area contributed by atoms with Crippen LogP contribution in [0.15, 0.2) is 59.7 Å². The Bertz CT molecular complexity index is 1350. The topological polar surface area (TPSA) is 148 Å². The van der Waals surface area contributed by atoms with Gasteiger partial charge in [-0.05, 0) is 48.9 Å². The number of hydrogen-bond donors (Lipinski definition) is 1. The number of amides is 1. The number of hydrogen-bond acceptors (Lipinski definition) is 10. The molecule has 3 rings (SSSR count). The van der Waals surface area contributed by atoms with Crippen molar-refractivity contribution in [2.45, 2.75) is 6.92 Å². The number of hydrazone groups is 1. The third kappa shape index (κ3) is 6.55. The van der Waals surface area contributed by atoms with Crippen LogP contribution in [0.4, 0.5) is 5.69 Å². The molecule has 0 bridgehead atoms. The molecule has 3 aromatic carbocycles. The van der Waals surface area contributed by atoms with Crippen LogP contribution in [-0.2, 0) is 0 Å². The van der Waals surface area contributed by atoms with Crippen molar-refractivity contribution in [1.29, 1.82) is 0 Å². The van der Waals surface area contributed by atoms with Gasteiger partial charge in [0, 0.05) is 17.7 Å². The third-order valence-electron chi connectivity index (χ3n) is 5.07. The van der Waals surface area contributed by atoms with E-state index in [1.54, 1.807) is 19.1 Å². The Morgan fingerprint density at radius 3 is 2.24 bits per heavy atom. The van der Waals surface area contributed by atoms with E-state index in [1.165, 1.54) is 63.9 Å². The summed E-state index contributed by atoms with van der Waals surface area (Å²) in [5.74, 6) is 0.0419. The van der Waals surface area contributed by atoms with Gasteiger partial charge in [-0.15, -0.1) is 0 Å². The molecule has 0 aromatic heterocycles. The molecule has 0 fully saturated rings. The number of methoxy groups -OCH3 is 3. The first-order valence-electron chi connectivity index (χ1n) is 11.2. The molecule has 1 N–H and O–H groups in total. The van der Waals surface area contributed by atoms with Gasteiger partial charge in [-0.1, -0.05) is 6.07 Å². The van der Waals surface area contributed by atoms with Gasteiger partial charge in [-0.2, -0.15) is 5.10 Å². The molecule has 0 radical (unpaired) electrons. The molecule has 3 aromatic rings. The summed E-state index contributed by atoms with van der Waals surface area (Å²) < 4.78 is 27.0. The van der Waals surface area contributed by atoms with Crippen molar-refractivity contribution in [3.8, 4) is 28.7 Å². The number of nitrogens with zero attached hydrogens (tertiary/aromatic N) is 2. The second-order valence-electron chi connectivity index (χ2n) is 7.45. The first-order chi connectivity index (χ1) is 18.3. The Kier molecular flexibility index (Phi) is 9.19. The molecule has 38 heavy (non-hydrogen) atoms. The lowest BCUT2D eigenvalue weighted by molar-refractivity contribution is -0.384. The number of nitrogens with one attached hydrogen (secondary N) is 1. The van der Waals surface area contributed by atoms with E-state index in [9.17, 15) is 19.7 Å². The second-order valence-corrected chi connectivity index (χ2v) is 7.45. The standard InChI is InChI=1S/C26H25N3O9/c1-5-37-21-11-16(15-27-28-25(30)17-7-6-8-19(12-17)29(32)33)9-10-20(21)38-26(31)18-13-22(34-2)24(36-4)23(14-18)35-3/h6-15H,5H2,1-4H3,(H,28,30)/b27-15+. The van der Waals surface area contributed by atoms with Crippen molar-refractivity contribution in [1.82, 2.24) is 5.43 Å². The number of rotatable bonds is 11. The van der Waals surface area contributed by atoms with E-state index >= 15 is 0 Å². The number of non-ortho nitro benzene ring substituents is 1. The highest BCUT2D eigenvalue weighted by molar-refractivity contribution is 5.95. The van der Waals surface area contributed by atoms with E-state index in [0.29, 0.717) is 29.4 Å². The molecule has 1 amide bonds. The van der Waals surface area contributed by atoms with Crippen LogP contribution < -0.4 is 29.1 Å². The van der Waals surface area contributed by atoms with Gasteiger partial charge in [0.05, 0.1) is 44.6 Å². The fourth-order valence-electron chi connectivity index (χ4n) is 3.31. The van der Waals surface area contributed by atoms with Gasteiger partial charge in [0.25, 0.3) is 11.6 Å². The van der Waals surface area contributed by atoms with Crippen LogP contribution in [0.5, 0.6) is 28.7 Å². The quantitative estimate of drug-likeness (QED) is 0.129. The van der Waals surface area contributed by atoms with Crippen molar-refractivity contribution >= 4 is 23.8 Å². The Morgan fingerprint density at radius 1 is 0.921 bits per heavy atom. The molecule has 0 spiro atoms. The Labute approximate surface area is 217 Å². The monoisotopic (exact) mass is 523 g/mol. The Hall–Kier alpha value is -5.13. The highest BCUT2D eigenvalue weighted by Gasteiger charge is 2.20. The highest BCUT2D eigenvalue weighted by atomic mass is 16.6. The number of nitro benzene ring substituents is 1. The van der Waals surface area contributed by atoms with Crippen molar-refractivity contribution in [3.63, 3.8) is 0 Å². The molecule has 0 atom stereocenters. The first kappa shape index (κ1) is 27.5. The van der Waals surface area contributed by atoms with Crippen molar-refractivity contribution < 1.29 is 38.2 Å². The number of carbonyl (C=O) groups excluding carboxylic acids is 2. The molecule has 0 saturated carbocycles. The fraction of sp³-hybridized carbons (Fsp3) is 0.192. The van der Waals surface area contributed by atoms with Gasteiger partial charge in [0.15, 0.2) is 23.0 Å². The van der Waals surface area contributed by atoms with Crippen LogP contribution in [0.2, 0.25) is 0 Å². The predicted octanol–water partition coefficient (Wildman–Crippen LogP) is 4.00. The molecule has 0 aliphatic rings. The lowest BCUT2D eigenvalue weighted by atomic mass is 10.1. The van der Waals surface area contributed by atoms with E-state index in [1.807, 2.05) is 0 Å². The van der Waals surface area contributed by atoms with Gasteiger partial charge >= 0.3 is 5.97 Å². The summed E-state index contributed by atoms with van der Waals surface area (Å²) >= 11 is 0. The lowest BCUT2D eigenvalue weighted by Crippen LogP contribution is -2.17. The number of ether oxygens (including phenoxy) is 5. The maximum atomic E-state index is 12.9. The average Bonchev–Trinajstić information content (AvgIpc) is 2.93. The molecular weight excluding hydrogens is 498 g/mol. The molecule has 12 heteroatoms. The minimum absolute atomic E-state index is 0.0837. The summed E-state index contributed by atoms with van der Waals surface area (Å²) in [6, 6.07) is 12.9. The number of nitro groups is 1. The molecule has 0 aliphatic carbocycles. The van der Waals surface area contributed by atoms with Gasteiger partial charge in [0.2, 0.25) is 5.75 Å². The van der Waals surface area contributed by atoms with E-state index in [4.69, 9.17) is 23.7 Å². The molecule has 0 heterocycles. The number of carbonyl (C=O) groups is 2. The summed E-state index contributed by atoms with van der Waals surface area (Å²) in [5.41, 5.74) is 2.88. The van der Waals surface area contributed by atoms with Crippen molar-refractivity contribution in [2.24, 2.45) is 5.10 Å². The van der Waals surface area contributed by atoms with E-state index in [-0.39, 0.29) is 28.3 Å². The highest BCUT2D eigenvalue weighted by Crippen LogP contribution is 2.39. The second kappa shape index (κ2) is 12.7. The van der Waals surface area contributed by atoms with Crippen molar-refractivity contribution in [3.05, 3.63) is 81.4 Å². The van der Waals surface area contributed by atoms with Gasteiger partial charge in [0.1, 0.15) is 0 Å². The Balaban J connectivity index is 1.77. The maximum absolute atomic E-state index is 12.9. The van der Waals surface area contributed by atoms with Crippen LogP contribution in [0.25, 0.3) is 0 Å². The van der Waals surface area contributed by atoms with Gasteiger partial charge in [-0.25, -0.2) is 10.2 Å². The van der Waals surface area contributed by atoms with E-state index < -0.39 is 16.8 Å².